The number of rotatable bonds is 19. The number of pyridine rings is 1. The Labute approximate surface area is 351 Å². The van der Waals surface area contributed by atoms with E-state index in [1.54, 1.807) is 43.3 Å². The van der Waals surface area contributed by atoms with Crippen LogP contribution in [0.5, 0.6) is 11.6 Å². The number of nitrogens with one attached hydrogen (secondary N) is 6. The van der Waals surface area contributed by atoms with Crippen molar-refractivity contribution in [1.82, 2.24) is 41.2 Å². The van der Waals surface area contributed by atoms with Gasteiger partial charge in [-0.2, -0.15) is 11.8 Å². The number of amides is 7. The van der Waals surface area contributed by atoms with E-state index in [1.807, 2.05) is 6.07 Å². The molecule has 18 nitrogen and oxygen atoms in total. The van der Waals surface area contributed by atoms with E-state index in [0.29, 0.717) is 36.8 Å². The largest absolute Gasteiger partial charge is 0.497 e. The lowest BCUT2D eigenvalue weighted by molar-refractivity contribution is -0.142. The fraction of sp³-hybridized carbons (Fsp3) is 0.525. The van der Waals surface area contributed by atoms with Gasteiger partial charge in [-0.15, -0.1) is 6.58 Å². The maximum absolute atomic E-state index is 14.6. The fourth-order valence-corrected chi connectivity index (χ4v) is 11.0. The molecule has 322 valence electrons. The lowest BCUT2D eigenvalue weighted by Crippen LogP contribution is -2.59. The van der Waals surface area contributed by atoms with Gasteiger partial charge < -0.3 is 41.0 Å². The Hall–Kier alpha value is -5.37. The van der Waals surface area contributed by atoms with Gasteiger partial charge in [0.1, 0.15) is 29.5 Å². The Morgan fingerprint density at radius 1 is 1.13 bits per heavy atom. The molecule has 2 aliphatic carbocycles. The van der Waals surface area contributed by atoms with E-state index >= 15 is 0 Å². The van der Waals surface area contributed by atoms with Crippen LogP contribution in [0.4, 0.5) is 4.79 Å². The van der Waals surface area contributed by atoms with Gasteiger partial charge in [-0.1, -0.05) is 19.1 Å². The maximum Gasteiger partial charge on any atom is 0.315 e. The molecule has 0 bridgehead atoms. The lowest BCUT2D eigenvalue weighted by Gasteiger charge is -2.30. The second-order valence-corrected chi connectivity index (χ2v) is 19.0. The fourth-order valence-electron chi connectivity index (χ4n) is 8.12. The van der Waals surface area contributed by atoms with Crippen LogP contribution in [0, 0.1) is 5.92 Å². The number of thioether (sulfide) groups is 1. The summed E-state index contributed by atoms with van der Waals surface area (Å²) < 4.78 is 39.4. The van der Waals surface area contributed by atoms with Gasteiger partial charge in [-0.3, -0.25) is 28.7 Å². The minimum atomic E-state index is -3.95. The van der Waals surface area contributed by atoms with Gasteiger partial charge in [0.05, 0.1) is 31.0 Å². The smallest absolute Gasteiger partial charge is 0.315 e. The Morgan fingerprint density at radius 3 is 2.65 bits per heavy atom. The van der Waals surface area contributed by atoms with Crippen molar-refractivity contribution in [3.63, 3.8) is 0 Å². The van der Waals surface area contributed by atoms with Gasteiger partial charge in [0.15, 0.2) is 0 Å². The number of ether oxygens (including phenoxy) is 2. The van der Waals surface area contributed by atoms with Gasteiger partial charge in [0.25, 0.3) is 5.91 Å². The van der Waals surface area contributed by atoms with Crippen LogP contribution in [0.1, 0.15) is 51.4 Å². The molecule has 7 rings (SSSR count). The third-order valence-corrected chi connectivity index (χ3v) is 15.0. The average Bonchev–Trinajstić information content (AvgIpc) is 4.10. The number of aromatic nitrogens is 1. The van der Waals surface area contributed by atoms with Crippen LogP contribution in [-0.2, 0) is 34.0 Å². The first-order valence-corrected chi connectivity index (χ1v) is 22.6. The van der Waals surface area contributed by atoms with Crippen LogP contribution in [0.2, 0.25) is 0 Å². The van der Waals surface area contributed by atoms with Crippen LogP contribution < -0.4 is 40.8 Å². The minimum absolute atomic E-state index is 0.0349. The summed E-state index contributed by atoms with van der Waals surface area (Å²) in [5.41, 5.74) is -1.62. The van der Waals surface area contributed by atoms with Crippen molar-refractivity contribution in [2.24, 2.45) is 5.92 Å². The van der Waals surface area contributed by atoms with Gasteiger partial charge in [-0.05, 0) is 67.8 Å². The number of urea groups is 1. The summed E-state index contributed by atoms with van der Waals surface area (Å²) in [7, 11) is -2.40. The van der Waals surface area contributed by atoms with Crippen LogP contribution in [0.15, 0.2) is 55.8 Å². The molecule has 20 heteroatoms. The molecule has 2 saturated carbocycles. The number of methoxy groups -OCH3 is 1. The van der Waals surface area contributed by atoms with Crippen LogP contribution in [0.25, 0.3) is 10.8 Å². The molecule has 0 spiro atoms. The van der Waals surface area contributed by atoms with Crippen LogP contribution in [0.3, 0.4) is 0 Å². The Morgan fingerprint density at radius 2 is 1.93 bits per heavy atom. The Kier molecular flexibility index (Phi) is 12.6. The highest BCUT2D eigenvalue weighted by atomic mass is 32.2. The number of hydrogen-bond acceptors (Lipinski definition) is 12. The Bertz CT molecular complexity index is 2190. The molecule has 4 heterocycles. The third kappa shape index (κ3) is 9.33. The summed E-state index contributed by atoms with van der Waals surface area (Å²) in [6, 6.07) is 4.50. The van der Waals surface area contributed by atoms with Crippen molar-refractivity contribution in [3.05, 3.63) is 55.8 Å². The topological polar surface area (TPSA) is 243 Å². The molecule has 1 aromatic heterocycles. The van der Waals surface area contributed by atoms with E-state index in [9.17, 15) is 37.2 Å². The van der Waals surface area contributed by atoms with Crippen molar-refractivity contribution >= 4 is 68.1 Å². The molecule has 0 radical (unpaired) electrons. The number of hydrogen-bond donors (Lipinski definition) is 6. The predicted octanol–water partition coefficient (Wildman–Crippen LogP) is 0.774. The van der Waals surface area contributed by atoms with Crippen LogP contribution >= 0.6 is 11.8 Å². The normalized spacial score (nSPS) is 27.1. The summed E-state index contributed by atoms with van der Waals surface area (Å²) in [5.74, 6) is -2.26. The average molecular weight is 867 g/mol. The van der Waals surface area contributed by atoms with E-state index in [4.69, 9.17) is 9.47 Å². The number of sulfonamides is 1. The van der Waals surface area contributed by atoms with Crippen LogP contribution in [-0.4, -0.2) is 126 Å². The third-order valence-electron chi connectivity index (χ3n) is 11.7. The molecule has 3 saturated heterocycles. The van der Waals surface area contributed by atoms with Crippen molar-refractivity contribution in [2.45, 2.75) is 97.7 Å². The highest BCUT2D eigenvalue weighted by Gasteiger charge is 2.62. The molecule has 60 heavy (non-hydrogen) atoms. The van der Waals surface area contributed by atoms with E-state index in [1.165, 1.54) is 11.0 Å². The first-order chi connectivity index (χ1) is 28.7. The number of likely N-dealkylation sites (tertiary alicyclic amines) is 1. The van der Waals surface area contributed by atoms with E-state index < -0.39 is 74.5 Å². The molecule has 1 aromatic carbocycles. The zero-order valence-corrected chi connectivity index (χ0v) is 34.8. The van der Waals surface area contributed by atoms with Gasteiger partial charge in [-0.25, -0.2) is 18.2 Å². The van der Waals surface area contributed by atoms with Gasteiger partial charge >= 0.3 is 6.03 Å². The number of benzene rings is 1. The van der Waals surface area contributed by atoms with E-state index in [2.05, 4.69) is 49.4 Å². The molecular formula is C40H50N8O10S2. The molecule has 3 aliphatic heterocycles. The maximum atomic E-state index is 14.6. The highest BCUT2D eigenvalue weighted by molar-refractivity contribution is 8.00. The quantitative estimate of drug-likeness (QED) is 0.0497. The molecule has 2 aromatic rings. The molecule has 5 aliphatic rings. The minimum Gasteiger partial charge on any atom is -0.497 e. The summed E-state index contributed by atoms with van der Waals surface area (Å²) in [6.07, 6.45) is 6.20. The number of unbranched alkanes of at least 4 members (excludes halogenated alkanes) is 1. The number of nitrogens with zero attached hydrogens (tertiary/aromatic N) is 2. The summed E-state index contributed by atoms with van der Waals surface area (Å²) in [6.45, 7) is 6.76. The lowest BCUT2D eigenvalue weighted by atomic mass is 10.0. The first kappa shape index (κ1) is 42.7. The molecule has 0 unspecified atom stereocenters. The zero-order valence-electron chi connectivity index (χ0n) is 33.1. The van der Waals surface area contributed by atoms with E-state index in [-0.39, 0.29) is 61.6 Å². The first-order valence-electron chi connectivity index (χ1n) is 20.0. The molecule has 5 fully saturated rings. The monoisotopic (exact) mass is 866 g/mol. The SMILES string of the molecule is C=CC(=O)NC[C@H](NC(=O)CCCC[C@H]1SC[C@H]2NC(=O)N[C@H]21)C(=O)N1C[C@H](Oc2nccc3cc(OC)ccc23)C[C@H]1C(=O)N[C@]1(C(=O)NS(=O)(=O)C2CC2)C[C@@H]1C=C. The van der Waals surface area contributed by atoms with Gasteiger partial charge in [0.2, 0.25) is 39.5 Å². The van der Waals surface area contributed by atoms with Crippen molar-refractivity contribution in [3.8, 4) is 11.6 Å². The Balaban J connectivity index is 1.08. The predicted molar refractivity (Wildman–Crippen MR) is 221 cm³/mol. The second kappa shape index (κ2) is 17.7. The molecule has 6 N–H and O–H groups in total. The summed E-state index contributed by atoms with van der Waals surface area (Å²) >= 11 is 1.77. The van der Waals surface area contributed by atoms with E-state index in [0.717, 1.165) is 23.6 Å². The molecular weight excluding hydrogens is 817 g/mol. The summed E-state index contributed by atoms with van der Waals surface area (Å²) in [5, 5.41) is 14.9. The molecule has 7 amide bonds. The van der Waals surface area contributed by atoms with Crippen molar-refractivity contribution in [1.29, 1.82) is 0 Å². The van der Waals surface area contributed by atoms with Gasteiger partial charge in [0, 0.05) is 47.9 Å². The number of fused-ring (bicyclic) bond motifs is 2. The number of carbonyl (C=O) groups is 6. The standard InChI is InChI=1S/C40H50N8O10S2/c1-4-23-18-40(23,38(53)47-60(55,56)26-11-12-26)46-35(51)30-17-25(58-36-27-13-10-24(57-3)16-22(27)14-15-41-36)20-48(30)37(52)28(19-42-32(49)5-2)43-33(50)9-7-6-8-31-34-29(21-59-31)44-39(54)45-34/h4-5,10,13-16,23,25-26,28-31,34H,1-2,6-9,11-12,17-21H2,3H3,(H,42,49)(H,43,50)(H,46,51)(H,47,53)(H2,44,45,54)/t23-,25+,28-,29+,30-,31+,34+,40+/m0/s1. The highest BCUT2D eigenvalue weighted by Crippen LogP contribution is 2.45. The van der Waals surface area contributed by atoms with Crippen molar-refractivity contribution in [2.75, 3.05) is 26.0 Å². The molecule has 8 atom stereocenters. The number of carbonyl (C=O) groups excluding carboxylic acids is 6. The zero-order chi connectivity index (χ0) is 42.8. The summed E-state index contributed by atoms with van der Waals surface area (Å²) in [4.78, 5) is 85.6. The van der Waals surface area contributed by atoms with Crippen molar-refractivity contribution < 1.29 is 46.7 Å². The second-order valence-electron chi connectivity index (χ2n) is 15.8.